The lowest BCUT2D eigenvalue weighted by molar-refractivity contribution is -0.121. The van der Waals surface area contributed by atoms with Crippen molar-refractivity contribution in [3.63, 3.8) is 0 Å². The molecule has 2 aromatic rings. The van der Waals surface area contributed by atoms with E-state index in [4.69, 9.17) is 23.2 Å². The highest BCUT2D eigenvalue weighted by atomic mass is 35.5. The fourth-order valence-corrected chi connectivity index (χ4v) is 2.76. The summed E-state index contributed by atoms with van der Waals surface area (Å²) in [5, 5.41) is 17.8. The number of hydrogen-bond acceptors (Lipinski definition) is 3. The minimum absolute atomic E-state index is 0.251. The molecular weight excluding hydrogens is 420 g/mol. The first kappa shape index (κ1) is 22.9. The number of alkyl halides is 3. The van der Waals surface area contributed by atoms with Gasteiger partial charge in [0.05, 0.1) is 6.04 Å². The lowest BCUT2D eigenvalue weighted by Gasteiger charge is -2.22. The smallest absolute Gasteiger partial charge is 0.314 e. The van der Waals surface area contributed by atoms with Gasteiger partial charge in [0.15, 0.2) is 4.84 Å². The van der Waals surface area contributed by atoms with Crippen LogP contribution in [-0.2, 0) is 11.3 Å². The Hall–Kier alpha value is -2.35. The van der Waals surface area contributed by atoms with Crippen LogP contribution in [0.4, 0.5) is 9.18 Å². The molecule has 0 saturated carbocycles. The average Bonchev–Trinajstić information content (AvgIpc) is 2.75. The predicted molar refractivity (Wildman–Crippen MR) is 112 cm³/mol. The van der Waals surface area contributed by atoms with Gasteiger partial charge in [-0.1, -0.05) is 71.7 Å². The molecule has 156 valence electrons. The van der Waals surface area contributed by atoms with Crippen molar-refractivity contribution < 1.29 is 19.1 Å². The Kier molecular flexibility index (Phi) is 8.70. The minimum Gasteiger partial charge on any atom is -0.386 e. The molecule has 0 saturated heterocycles. The number of benzene rings is 2. The molecule has 3 amide bonds. The third-order valence-corrected chi connectivity index (χ3v) is 4.69. The molecule has 0 unspecified atom stereocenters. The number of nitrogens with one attached hydrogen (secondary N) is 3. The first-order valence-electron chi connectivity index (χ1n) is 8.83. The molecule has 0 aliphatic heterocycles. The van der Waals surface area contributed by atoms with E-state index in [1.165, 1.54) is 0 Å². The van der Waals surface area contributed by atoms with E-state index in [9.17, 15) is 19.1 Å². The van der Waals surface area contributed by atoms with Crippen molar-refractivity contribution in [2.45, 2.75) is 23.5 Å². The summed E-state index contributed by atoms with van der Waals surface area (Å²) in [6.07, 6.45) is -1.25. The van der Waals surface area contributed by atoms with E-state index >= 15 is 0 Å². The van der Waals surface area contributed by atoms with Crippen LogP contribution >= 0.6 is 23.2 Å². The van der Waals surface area contributed by atoms with Crippen molar-refractivity contribution in [3.8, 4) is 11.1 Å². The number of halogens is 3. The second kappa shape index (κ2) is 11.0. The Bertz CT molecular complexity index is 817. The van der Waals surface area contributed by atoms with E-state index < -0.39 is 29.6 Å². The van der Waals surface area contributed by atoms with Crippen molar-refractivity contribution >= 4 is 35.1 Å². The average molecular weight is 442 g/mol. The van der Waals surface area contributed by atoms with Crippen LogP contribution in [0.1, 0.15) is 17.2 Å². The van der Waals surface area contributed by atoms with Gasteiger partial charge >= 0.3 is 6.03 Å². The Balaban J connectivity index is 2.05. The molecule has 4 N–H and O–H groups in total. The third kappa shape index (κ3) is 6.59. The molecule has 0 heterocycles. The zero-order valence-corrected chi connectivity index (χ0v) is 17.2. The SMILES string of the molecule is CNC(=O)NCc1ccc(-c2ccc([C@H](O)[C@@H](CF)NC(=O)C(Cl)Cl)cc2)cc1. The van der Waals surface area contributed by atoms with Crippen LogP contribution in [0.5, 0.6) is 0 Å². The molecule has 0 radical (unpaired) electrons. The summed E-state index contributed by atoms with van der Waals surface area (Å²) in [5.41, 5.74) is 3.23. The monoisotopic (exact) mass is 441 g/mol. The van der Waals surface area contributed by atoms with Crippen LogP contribution in [0.25, 0.3) is 11.1 Å². The standard InChI is InChI=1S/C20H22Cl2FN3O3/c1-24-20(29)25-11-12-2-4-13(5-3-12)14-6-8-15(9-7-14)17(27)16(10-23)26-19(28)18(21)22/h2-9,16-18,27H,10-11H2,1H3,(H,26,28)(H2,24,25,29)/t16-,17+/m1/s1. The Labute approximate surface area is 178 Å². The molecule has 2 rings (SSSR count). The number of carbonyl (C=O) groups is 2. The predicted octanol–water partition coefficient (Wildman–Crippen LogP) is 3.07. The Morgan fingerprint density at radius 3 is 2.07 bits per heavy atom. The lowest BCUT2D eigenvalue weighted by Crippen LogP contribution is -2.43. The van der Waals surface area contributed by atoms with Crippen LogP contribution in [0.3, 0.4) is 0 Å². The van der Waals surface area contributed by atoms with Crippen LogP contribution in [0.2, 0.25) is 0 Å². The minimum atomic E-state index is -1.34. The summed E-state index contributed by atoms with van der Waals surface area (Å²) in [5.74, 6) is -0.766. The van der Waals surface area contributed by atoms with Crippen LogP contribution in [-0.4, -0.2) is 41.6 Å². The molecule has 2 atom stereocenters. The molecule has 0 bridgehead atoms. The van der Waals surface area contributed by atoms with E-state index in [0.29, 0.717) is 12.1 Å². The maximum Gasteiger partial charge on any atom is 0.314 e. The van der Waals surface area contributed by atoms with Crippen molar-refractivity contribution in [2.24, 2.45) is 0 Å². The summed E-state index contributed by atoms with van der Waals surface area (Å²) in [4.78, 5) is 21.4. The maximum absolute atomic E-state index is 13.2. The van der Waals surface area contributed by atoms with Gasteiger partial charge in [-0.2, -0.15) is 0 Å². The second-order valence-electron chi connectivity index (χ2n) is 6.27. The third-order valence-electron chi connectivity index (χ3n) is 4.29. The van der Waals surface area contributed by atoms with Crippen molar-refractivity contribution in [2.75, 3.05) is 13.7 Å². The van der Waals surface area contributed by atoms with E-state index in [1.54, 1.807) is 31.3 Å². The highest BCUT2D eigenvalue weighted by Crippen LogP contribution is 2.24. The number of carbonyl (C=O) groups excluding carboxylic acids is 2. The van der Waals surface area contributed by atoms with Gasteiger partial charge in [-0.15, -0.1) is 0 Å². The summed E-state index contributed by atoms with van der Waals surface area (Å²) in [6, 6.07) is 13.1. The highest BCUT2D eigenvalue weighted by molar-refractivity contribution is 6.53. The number of hydrogen-bond donors (Lipinski definition) is 4. The van der Waals surface area contributed by atoms with Gasteiger partial charge in [0.25, 0.3) is 5.91 Å². The van der Waals surface area contributed by atoms with Crippen molar-refractivity contribution in [1.82, 2.24) is 16.0 Å². The van der Waals surface area contributed by atoms with Crippen molar-refractivity contribution in [3.05, 3.63) is 59.7 Å². The first-order chi connectivity index (χ1) is 13.8. The normalized spacial score (nSPS) is 12.9. The van der Waals surface area contributed by atoms with Gasteiger partial charge in [-0.25, -0.2) is 9.18 Å². The maximum atomic E-state index is 13.2. The largest absolute Gasteiger partial charge is 0.386 e. The molecule has 0 fully saturated rings. The van der Waals surface area contributed by atoms with Crippen LogP contribution in [0.15, 0.2) is 48.5 Å². The summed E-state index contributed by atoms with van der Waals surface area (Å²) >= 11 is 10.9. The molecule has 0 aromatic heterocycles. The summed E-state index contributed by atoms with van der Waals surface area (Å²) in [6.45, 7) is -0.562. The topological polar surface area (TPSA) is 90.5 Å². The zero-order chi connectivity index (χ0) is 21.4. The number of urea groups is 1. The summed E-state index contributed by atoms with van der Waals surface area (Å²) in [7, 11) is 1.55. The van der Waals surface area contributed by atoms with Gasteiger partial charge in [-0.3, -0.25) is 4.79 Å². The van der Waals surface area contributed by atoms with Gasteiger partial charge in [0.2, 0.25) is 0 Å². The first-order valence-corrected chi connectivity index (χ1v) is 9.70. The van der Waals surface area contributed by atoms with Gasteiger partial charge in [0.1, 0.15) is 12.8 Å². The summed E-state index contributed by atoms with van der Waals surface area (Å²) < 4.78 is 13.2. The fraction of sp³-hybridized carbons (Fsp3) is 0.300. The van der Waals surface area contributed by atoms with Crippen LogP contribution in [0, 0.1) is 0 Å². The number of aliphatic hydroxyl groups excluding tert-OH is 1. The number of aliphatic hydroxyl groups is 1. The van der Waals surface area contributed by atoms with Gasteiger partial charge < -0.3 is 21.1 Å². The fourth-order valence-electron chi connectivity index (χ4n) is 2.64. The number of amides is 3. The van der Waals surface area contributed by atoms with Gasteiger partial charge in [0, 0.05) is 13.6 Å². The molecule has 2 aromatic carbocycles. The van der Waals surface area contributed by atoms with E-state index in [-0.39, 0.29) is 6.03 Å². The molecule has 0 spiro atoms. The van der Waals surface area contributed by atoms with Gasteiger partial charge in [-0.05, 0) is 22.3 Å². The Morgan fingerprint density at radius 2 is 1.59 bits per heavy atom. The molecule has 29 heavy (non-hydrogen) atoms. The highest BCUT2D eigenvalue weighted by Gasteiger charge is 2.25. The van der Waals surface area contributed by atoms with E-state index in [2.05, 4.69) is 16.0 Å². The lowest BCUT2D eigenvalue weighted by atomic mass is 9.98. The van der Waals surface area contributed by atoms with E-state index in [1.807, 2.05) is 24.3 Å². The zero-order valence-electron chi connectivity index (χ0n) is 15.7. The quantitative estimate of drug-likeness (QED) is 0.474. The number of rotatable bonds is 8. The Morgan fingerprint density at radius 1 is 1.03 bits per heavy atom. The van der Waals surface area contributed by atoms with Crippen molar-refractivity contribution in [1.29, 1.82) is 0 Å². The molecular formula is C20H22Cl2FN3O3. The molecule has 6 nitrogen and oxygen atoms in total. The molecule has 9 heteroatoms. The van der Waals surface area contributed by atoms with Crippen LogP contribution < -0.4 is 16.0 Å². The second-order valence-corrected chi connectivity index (χ2v) is 7.36. The molecule has 0 aliphatic rings. The van der Waals surface area contributed by atoms with E-state index in [0.717, 1.165) is 16.7 Å². The molecule has 0 aliphatic carbocycles.